The molecular weight excluding hydrogens is 366 g/mol. The average molecular weight is 391 g/mol. The number of methoxy groups -OCH3 is 1. The number of carbonyl (C=O) groups is 1. The van der Waals surface area contributed by atoms with E-state index in [9.17, 15) is 4.79 Å². The zero-order valence-corrected chi connectivity index (χ0v) is 17.1. The Morgan fingerprint density at radius 2 is 1.76 bits per heavy atom. The number of carbonyl (C=O) groups excluding carboxylic acids is 1. The van der Waals surface area contributed by atoms with E-state index in [1.807, 2.05) is 63.2 Å². The fourth-order valence-electron chi connectivity index (χ4n) is 2.63. The molecule has 0 aliphatic rings. The summed E-state index contributed by atoms with van der Waals surface area (Å²) in [6.45, 7) is 6.04. The highest BCUT2D eigenvalue weighted by Gasteiger charge is 2.19. The second-order valence-electron chi connectivity index (χ2n) is 7.28. The van der Waals surface area contributed by atoms with Gasteiger partial charge in [-0.25, -0.2) is 0 Å². The predicted octanol–water partition coefficient (Wildman–Crippen LogP) is 4.86. The Morgan fingerprint density at radius 3 is 2.41 bits per heavy atom. The number of amides is 1. The maximum Gasteiger partial charge on any atom is 0.251 e. The van der Waals surface area contributed by atoms with Crippen LogP contribution in [-0.2, 0) is 0 Å². The lowest BCUT2D eigenvalue weighted by atomic mass is 10.0. The highest BCUT2D eigenvalue weighted by Crippen LogP contribution is 2.30. The van der Waals surface area contributed by atoms with Gasteiger partial charge in [-0.2, -0.15) is 0 Å². The van der Waals surface area contributed by atoms with Crippen LogP contribution in [0.25, 0.3) is 11.3 Å². The van der Waals surface area contributed by atoms with E-state index in [0.29, 0.717) is 28.6 Å². The normalized spacial score (nSPS) is 11.0. The van der Waals surface area contributed by atoms with E-state index < -0.39 is 0 Å². The van der Waals surface area contributed by atoms with Gasteiger partial charge in [0.15, 0.2) is 11.5 Å². The van der Waals surface area contributed by atoms with Crippen LogP contribution in [0, 0.1) is 0 Å². The third-order valence-electron chi connectivity index (χ3n) is 4.68. The van der Waals surface area contributed by atoms with Gasteiger partial charge in [-0.1, -0.05) is 31.2 Å². The minimum absolute atomic E-state index is 0.109. The number of para-hydroxylation sites is 2. The van der Waals surface area contributed by atoms with Gasteiger partial charge in [0.05, 0.1) is 12.8 Å². The minimum atomic E-state index is -0.260. The summed E-state index contributed by atoms with van der Waals surface area (Å²) >= 11 is 0. The lowest BCUT2D eigenvalue weighted by molar-refractivity contribution is 0.0911. The van der Waals surface area contributed by atoms with E-state index >= 15 is 0 Å². The monoisotopic (exact) mass is 391 g/mol. The van der Waals surface area contributed by atoms with E-state index in [-0.39, 0.29) is 11.4 Å². The van der Waals surface area contributed by atoms with Crippen LogP contribution in [-0.4, -0.2) is 28.8 Å². The van der Waals surface area contributed by atoms with Crippen molar-refractivity contribution >= 4 is 5.91 Å². The summed E-state index contributed by atoms with van der Waals surface area (Å²) in [6, 6.07) is 18.2. The maximum absolute atomic E-state index is 12.5. The summed E-state index contributed by atoms with van der Waals surface area (Å²) in [5.74, 6) is 1.43. The third kappa shape index (κ3) is 5.10. The molecule has 150 valence electrons. The summed E-state index contributed by atoms with van der Waals surface area (Å²) in [7, 11) is 1.59. The number of ether oxygens (including phenoxy) is 2. The summed E-state index contributed by atoms with van der Waals surface area (Å²) in [5.41, 5.74) is 1.79. The van der Waals surface area contributed by atoms with Crippen LogP contribution >= 0.6 is 0 Å². The Morgan fingerprint density at radius 1 is 1.00 bits per heavy atom. The lowest BCUT2D eigenvalue weighted by Gasteiger charge is -2.24. The molecule has 3 aromatic rings. The Kier molecular flexibility index (Phi) is 6.12. The molecule has 29 heavy (non-hydrogen) atoms. The number of rotatable bonds is 7. The van der Waals surface area contributed by atoms with Gasteiger partial charge >= 0.3 is 0 Å². The van der Waals surface area contributed by atoms with Gasteiger partial charge in [-0.3, -0.25) is 4.79 Å². The van der Waals surface area contributed by atoms with Crippen molar-refractivity contribution in [3.05, 3.63) is 66.2 Å². The molecule has 0 aliphatic carbocycles. The lowest BCUT2D eigenvalue weighted by Crippen LogP contribution is -2.42. The molecule has 2 aromatic carbocycles. The molecule has 3 rings (SSSR count). The molecule has 6 nitrogen and oxygen atoms in total. The van der Waals surface area contributed by atoms with Crippen molar-refractivity contribution in [2.24, 2.45) is 0 Å². The summed E-state index contributed by atoms with van der Waals surface area (Å²) < 4.78 is 11.0. The van der Waals surface area contributed by atoms with E-state index in [2.05, 4.69) is 15.5 Å². The number of hydrogen-bond donors (Lipinski definition) is 1. The molecule has 0 unspecified atom stereocenters. The topological polar surface area (TPSA) is 73.3 Å². The van der Waals surface area contributed by atoms with Crippen LogP contribution in [0.2, 0.25) is 0 Å². The van der Waals surface area contributed by atoms with Crippen molar-refractivity contribution in [2.45, 2.75) is 32.7 Å². The molecule has 0 atom stereocenters. The highest BCUT2D eigenvalue weighted by atomic mass is 16.5. The number of hydrogen-bond acceptors (Lipinski definition) is 5. The molecule has 0 saturated heterocycles. The summed E-state index contributed by atoms with van der Waals surface area (Å²) in [6.07, 6.45) is 0.845. The number of nitrogens with one attached hydrogen (secondary N) is 1. The smallest absolute Gasteiger partial charge is 0.251 e. The molecule has 0 radical (unpaired) electrons. The second-order valence-corrected chi connectivity index (χ2v) is 7.28. The fraction of sp³-hybridized carbons (Fsp3) is 0.261. The molecular formula is C23H25N3O3. The van der Waals surface area contributed by atoms with Crippen molar-refractivity contribution < 1.29 is 14.3 Å². The second kappa shape index (κ2) is 8.73. The zero-order chi connectivity index (χ0) is 20.9. The van der Waals surface area contributed by atoms with Gasteiger partial charge in [0, 0.05) is 22.7 Å². The van der Waals surface area contributed by atoms with Gasteiger partial charge in [0.1, 0.15) is 0 Å². The Bertz CT molecular complexity index is 985. The van der Waals surface area contributed by atoms with Gasteiger partial charge in [-0.15, -0.1) is 10.2 Å². The molecule has 0 aliphatic heterocycles. The first-order valence-electron chi connectivity index (χ1n) is 9.49. The molecule has 1 aromatic heterocycles. The molecule has 0 fully saturated rings. The Labute approximate surface area is 170 Å². The van der Waals surface area contributed by atoms with Gasteiger partial charge in [0.25, 0.3) is 5.91 Å². The molecule has 0 saturated carbocycles. The van der Waals surface area contributed by atoms with E-state index in [4.69, 9.17) is 9.47 Å². The van der Waals surface area contributed by atoms with Crippen LogP contribution in [0.5, 0.6) is 17.4 Å². The SMILES string of the molecule is CCC(C)(C)NC(=O)c1cccc(-c2ccc(Oc3ccccc3OC)nn2)c1. The van der Waals surface area contributed by atoms with Crippen LogP contribution in [0.3, 0.4) is 0 Å². The first kappa shape index (κ1) is 20.3. The molecule has 0 spiro atoms. The van der Waals surface area contributed by atoms with E-state index in [1.54, 1.807) is 25.3 Å². The van der Waals surface area contributed by atoms with Crippen molar-refractivity contribution in [3.63, 3.8) is 0 Å². The average Bonchev–Trinajstić information content (AvgIpc) is 2.74. The largest absolute Gasteiger partial charge is 0.493 e. The van der Waals surface area contributed by atoms with Crippen molar-refractivity contribution in [1.29, 1.82) is 0 Å². The van der Waals surface area contributed by atoms with Crippen molar-refractivity contribution in [1.82, 2.24) is 15.5 Å². The summed E-state index contributed by atoms with van der Waals surface area (Å²) in [5, 5.41) is 11.4. The Hall–Kier alpha value is -3.41. The van der Waals surface area contributed by atoms with E-state index in [0.717, 1.165) is 12.0 Å². The molecule has 1 heterocycles. The van der Waals surface area contributed by atoms with Crippen molar-refractivity contribution in [2.75, 3.05) is 7.11 Å². The predicted molar refractivity (Wildman–Crippen MR) is 112 cm³/mol. The first-order valence-corrected chi connectivity index (χ1v) is 9.49. The van der Waals surface area contributed by atoms with Crippen LogP contribution in [0.1, 0.15) is 37.6 Å². The maximum atomic E-state index is 12.5. The minimum Gasteiger partial charge on any atom is -0.493 e. The van der Waals surface area contributed by atoms with Crippen LogP contribution < -0.4 is 14.8 Å². The number of benzene rings is 2. The number of nitrogens with zero attached hydrogens (tertiary/aromatic N) is 2. The van der Waals surface area contributed by atoms with E-state index in [1.165, 1.54) is 0 Å². The first-order chi connectivity index (χ1) is 13.9. The quantitative estimate of drug-likeness (QED) is 0.622. The van der Waals surface area contributed by atoms with Crippen LogP contribution in [0.15, 0.2) is 60.7 Å². The Balaban J connectivity index is 1.77. The third-order valence-corrected chi connectivity index (χ3v) is 4.68. The molecule has 1 amide bonds. The van der Waals surface area contributed by atoms with Gasteiger partial charge < -0.3 is 14.8 Å². The van der Waals surface area contributed by atoms with Crippen LogP contribution in [0.4, 0.5) is 0 Å². The molecule has 0 bridgehead atoms. The zero-order valence-electron chi connectivity index (χ0n) is 17.1. The highest BCUT2D eigenvalue weighted by molar-refractivity contribution is 5.95. The van der Waals surface area contributed by atoms with Gasteiger partial charge in [0.2, 0.25) is 5.88 Å². The molecule has 1 N–H and O–H groups in total. The standard InChI is InChI=1S/C23H25N3O3/c1-5-23(2,3)24-22(27)17-10-8-9-16(15-17)18-13-14-21(26-25-18)29-20-12-7-6-11-19(20)28-4/h6-15H,5H2,1-4H3,(H,24,27). The summed E-state index contributed by atoms with van der Waals surface area (Å²) in [4.78, 5) is 12.5. The molecule has 6 heteroatoms. The number of aromatic nitrogens is 2. The van der Waals surface area contributed by atoms with Gasteiger partial charge in [-0.05, 0) is 50.6 Å². The van der Waals surface area contributed by atoms with Crippen molar-refractivity contribution in [3.8, 4) is 28.6 Å². The fourth-order valence-corrected chi connectivity index (χ4v) is 2.63.